The van der Waals surface area contributed by atoms with Crippen LogP contribution in [0.15, 0.2) is 42.5 Å². The maximum absolute atomic E-state index is 13.6. The van der Waals surface area contributed by atoms with Crippen molar-refractivity contribution in [3.05, 3.63) is 65.2 Å². The molecule has 0 saturated carbocycles. The third kappa shape index (κ3) is 4.26. The molecule has 2 rings (SSSR count). The summed E-state index contributed by atoms with van der Waals surface area (Å²) < 4.78 is 32.8. The van der Waals surface area contributed by atoms with E-state index < -0.39 is 17.7 Å². The van der Waals surface area contributed by atoms with E-state index in [0.717, 1.165) is 11.3 Å². The first kappa shape index (κ1) is 15.4. The van der Waals surface area contributed by atoms with E-state index in [1.807, 2.05) is 31.2 Å². The molecule has 0 fully saturated rings. The molecule has 2 nitrogen and oxygen atoms in total. The van der Waals surface area contributed by atoms with E-state index in [2.05, 4.69) is 5.32 Å². The molecule has 2 aromatic carbocycles. The zero-order valence-corrected chi connectivity index (χ0v) is 12.2. The molecule has 0 aromatic heterocycles. The molecule has 0 spiro atoms. The highest BCUT2D eigenvalue weighted by Crippen LogP contribution is 2.20. The normalized spacial score (nSPS) is 12.2. The maximum atomic E-state index is 13.6. The Morgan fingerprint density at radius 2 is 1.76 bits per heavy atom. The van der Waals surface area contributed by atoms with Gasteiger partial charge in [0, 0.05) is 18.2 Å². The van der Waals surface area contributed by atoms with Crippen molar-refractivity contribution >= 4 is 0 Å². The molecule has 0 amide bonds. The van der Waals surface area contributed by atoms with Crippen LogP contribution in [0.3, 0.4) is 0 Å². The molecule has 0 heterocycles. The van der Waals surface area contributed by atoms with Crippen LogP contribution in [0.1, 0.15) is 24.1 Å². The number of hydrogen-bond acceptors (Lipinski definition) is 2. The molecule has 0 aliphatic heterocycles. The van der Waals surface area contributed by atoms with Gasteiger partial charge in [0.2, 0.25) is 0 Å². The molecule has 112 valence electrons. The smallest absolute Gasteiger partial charge is 0.130 e. The molecule has 0 radical (unpaired) electrons. The summed E-state index contributed by atoms with van der Waals surface area (Å²) in [6, 6.07) is 11.2. The lowest BCUT2D eigenvalue weighted by Gasteiger charge is -2.16. The topological polar surface area (TPSA) is 21.3 Å². The molecule has 0 saturated heterocycles. The molecule has 1 N–H and O–H groups in total. The summed E-state index contributed by atoms with van der Waals surface area (Å²) in [4.78, 5) is 0. The predicted molar refractivity (Wildman–Crippen MR) is 79.4 cm³/mol. The van der Waals surface area contributed by atoms with Crippen molar-refractivity contribution in [2.45, 2.75) is 19.9 Å². The zero-order chi connectivity index (χ0) is 15.2. The van der Waals surface area contributed by atoms with Gasteiger partial charge in [0.05, 0.1) is 0 Å². The quantitative estimate of drug-likeness (QED) is 0.812. The fourth-order valence-electron chi connectivity index (χ4n) is 2.18. The number of benzene rings is 2. The second kappa shape index (κ2) is 7.18. The molecule has 0 aliphatic carbocycles. The number of rotatable bonds is 6. The van der Waals surface area contributed by atoms with Gasteiger partial charge in [0.25, 0.3) is 0 Å². The van der Waals surface area contributed by atoms with Crippen LogP contribution in [0.4, 0.5) is 8.78 Å². The average molecular weight is 291 g/mol. The van der Waals surface area contributed by atoms with Gasteiger partial charge in [-0.1, -0.05) is 18.2 Å². The minimum atomic E-state index is -0.533. The Bertz CT molecular complexity index is 581. The molecular weight excluding hydrogens is 272 g/mol. The van der Waals surface area contributed by atoms with Crippen LogP contribution in [-0.4, -0.2) is 13.2 Å². The highest BCUT2D eigenvalue weighted by atomic mass is 19.1. The molecule has 2 aromatic rings. The van der Waals surface area contributed by atoms with Crippen molar-refractivity contribution in [1.29, 1.82) is 0 Å². The SMILES string of the molecule is Cc1cccc(OCCNC(C)c2c(F)cccc2F)c1. The lowest BCUT2D eigenvalue weighted by molar-refractivity contribution is 0.305. The van der Waals surface area contributed by atoms with Crippen LogP contribution in [0, 0.1) is 18.6 Å². The van der Waals surface area contributed by atoms with Crippen LogP contribution in [0.5, 0.6) is 5.75 Å². The minimum Gasteiger partial charge on any atom is -0.492 e. The molecule has 1 unspecified atom stereocenters. The molecule has 21 heavy (non-hydrogen) atoms. The van der Waals surface area contributed by atoms with Crippen LogP contribution >= 0.6 is 0 Å². The van der Waals surface area contributed by atoms with Gasteiger partial charge in [-0.2, -0.15) is 0 Å². The Kier molecular flexibility index (Phi) is 5.28. The van der Waals surface area contributed by atoms with E-state index in [9.17, 15) is 8.78 Å². The summed E-state index contributed by atoms with van der Waals surface area (Å²) in [5.74, 6) is -0.272. The monoisotopic (exact) mass is 291 g/mol. The van der Waals surface area contributed by atoms with Gasteiger partial charge in [-0.25, -0.2) is 8.78 Å². The molecule has 0 aliphatic rings. The third-order valence-corrected chi connectivity index (χ3v) is 3.24. The first-order chi connectivity index (χ1) is 10.1. The molecule has 1 atom stereocenters. The average Bonchev–Trinajstić information content (AvgIpc) is 2.43. The van der Waals surface area contributed by atoms with E-state index in [1.54, 1.807) is 6.92 Å². The van der Waals surface area contributed by atoms with E-state index in [0.29, 0.717) is 13.2 Å². The van der Waals surface area contributed by atoms with E-state index in [-0.39, 0.29) is 5.56 Å². The summed E-state index contributed by atoms with van der Waals surface area (Å²) in [5, 5.41) is 3.06. The second-order valence-corrected chi connectivity index (χ2v) is 4.98. The highest BCUT2D eigenvalue weighted by molar-refractivity contribution is 5.27. The Morgan fingerprint density at radius 1 is 1.10 bits per heavy atom. The fourth-order valence-corrected chi connectivity index (χ4v) is 2.18. The van der Waals surface area contributed by atoms with Gasteiger partial charge in [0.1, 0.15) is 24.0 Å². The fraction of sp³-hybridized carbons (Fsp3) is 0.294. The Morgan fingerprint density at radius 3 is 2.43 bits per heavy atom. The van der Waals surface area contributed by atoms with E-state index in [4.69, 9.17) is 4.74 Å². The van der Waals surface area contributed by atoms with Crippen molar-refractivity contribution in [2.75, 3.05) is 13.2 Å². The molecular formula is C17H19F2NO. The van der Waals surface area contributed by atoms with Crippen molar-refractivity contribution in [3.8, 4) is 5.75 Å². The summed E-state index contributed by atoms with van der Waals surface area (Å²) in [5.41, 5.74) is 1.19. The number of aryl methyl sites for hydroxylation is 1. The van der Waals surface area contributed by atoms with E-state index in [1.165, 1.54) is 18.2 Å². The maximum Gasteiger partial charge on any atom is 0.130 e. The largest absolute Gasteiger partial charge is 0.492 e. The second-order valence-electron chi connectivity index (χ2n) is 4.98. The van der Waals surface area contributed by atoms with Crippen LogP contribution in [-0.2, 0) is 0 Å². The van der Waals surface area contributed by atoms with Gasteiger partial charge in [-0.15, -0.1) is 0 Å². The number of nitrogens with one attached hydrogen (secondary N) is 1. The van der Waals surface area contributed by atoms with Crippen molar-refractivity contribution < 1.29 is 13.5 Å². The lowest BCUT2D eigenvalue weighted by Crippen LogP contribution is -2.25. The summed E-state index contributed by atoms with van der Waals surface area (Å²) in [6.07, 6.45) is 0. The first-order valence-corrected chi connectivity index (χ1v) is 6.94. The summed E-state index contributed by atoms with van der Waals surface area (Å²) >= 11 is 0. The van der Waals surface area contributed by atoms with Crippen LogP contribution in [0.25, 0.3) is 0 Å². The Hall–Kier alpha value is -1.94. The summed E-state index contributed by atoms with van der Waals surface area (Å²) in [6.45, 7) is 4.66. The van der Waals surface area contributed by atoms with Crippen molar-refractivity contribution in [1.82, 2.24) is 5.32 Å². The van der Waals surface area contributed by atoms with Gasteiger partial charge in [-0.3, -0.25) is 0 Å². The predicted octanol–water partition coefficient (Wildman–Crippen LogP) is 4.00. The summed E-state index contributed by atoms with van der Waals surface area (Å²) in [7, 11) is 0. The van der Waals surface area contributed by atoms with Crippen LogP contribution < -0.4 is 10.1 Å². The number of hydrogen-bond donors (Lipinski definition) is 1. The van der Waals surface area contributed by atoms with Crippen LogP contribution in [0.2, 0.25) is 0 Å². The minimum absolute atomic E-state index is 0.0630. The number of halogens is 2. The number of ether oxygens (including phenoxy) is 1. The standard InChI is InChI=1S/C17H19F2NO/c1-12-5-3-6-14(11-12)21-10-9-20-13(2)17-15(18)7-4-8-16(17)19/h3-8,11,13,20H,9-10H2,1-2H3. The lowest BCUT2D eigenvalue weighted by atomic mass is 10.1. The Balaban J connectivity index is 1.83. The highest BCUT2D eigenvalue weighted by Gasteiger charge is 2.14. The van der Waals surface area contributed by atoms with Gasteiger partial charge in [0.15, 0.2) is 0 Å². The van der Waals surface area contributed by atoms with Gasteiger partial charge >= 0.3 is 0 Å². The Labute approximate surface area is 123 Å². The third-order valence-electron chi connectivity index (χ3n) is 3.24. The van der Waals surface area contributed by atoms with Crippen molar-refractivity contribution in [3.63, 3.8) is 0 Å². The van der Waals surface area contributed by atoms with Gasteiger partial charge in [-0.05, 0) is 43.7 Å². The molecule has 4 heteroatoms. The first-order valence-electron chi connectivity index (χ1n) is 6.94. The zero-order valence-electron chi connectivity index (χ0n) is 12.2. The van der Waals surface area contributed by atoms with E-state index >= 15 is 0 Å². The molecule has 0 bridgehead atoms. The van der Waals surface area contributed by atoms with Gasteiger partial charge < -0.3 is 10.1 Å². The van der Waals surface area contributed by atoms with Crippen molar-refractivity contribution in [2.24, 2.45) is 0 Å².